The van der Waals surface area contributed by atoms with E-state index in [2.05, 4.69) is 27.8 Å². The summed E-state index contributed by atoms with van der Waals surface area (Å²) in [6.07, 6.45) is 6.44. The van der Waals surface area contributed by atoms with Crippen molar-refractivity contribution in [1.29, 1.82) is 0 Å². The van der Waals surface area contributed by atoms with Gasteiger partial charge in [0, 0.05) is 23.9 Å². The van der Waals surface area contributed by atoms with Gasteiger partial charge in [-0.15, -0.1) is 11.3 Å². The van der Waals surface area contributed by atoms with Crippen LogP contribution < -0.4 is 11.3 Å². The van der Waals surface area contributed by atoms with E-state index >= 15 is 0 Å². The monoisotopic (exact) mass is 281 g/mol. The lowest BCUT2D eigenvalue weighted by molar-refractivity contribution is -0.121. The van der Waals surface area contributed by atoms with E-state index in [0.29, 0.717) is 6.42 Å². The number of hydrazine groups is 1. The summed E-state index contributed by atoms with van der Waals surface area (Å²) in [6.45, 7) is 2.23. The SMILES string of the molecule is NNC(=O)CCCCCN(Cc1cccs1)C1CC1. The maximum atomic E-state index is 11.0. The summed E-state index contributed by atoms with van der Waals surface area (Å²) in [5.74, 6) is 4.99. The third kappa shape index (κ3) is 5.30. The summed E-state index contributed by atoms with van der Waals surface area (Å²) in [5, 5.41) is 2.14. The lowest BCUT2D eigenvalue weighted by Crippen LogP contribution is -2.29. The molecule has 1 aliphatic carbocycles. The minimum atomic E-state index is -0.0577. The lowest BCUT2D eigenvalue weighted by Gasteiger charge is -2.21. The number of nitrogens with two attached hydrogens (primary N) is 1. The Balaban J connectivity index is 1.62. The zero-order chi connectivity index (χ0) is 13.5. The summed E-state index contributed by atoms with van der Waals surface area (Å²) in [6, 6.07) is 5.14. The highest BCUT2D eigenvalue weighted by molar-refractivity contribution is 7.09. The normalized spacial score (nSPS) is 14.8. The van der Waals surface area contributed by atoms with Crippen LogP contribution >= 0.6 is 11.3 Å². The molecule has 19 heavy (non-hydrogen) atoms. The van der Waals surface area contributed by atoms with Crippen molar-refractivity contribution < 1.29 is 4.79 Å². The molecular formula is C14H23N3OS. The Morgan fingerprint density at radius 3 is 2.89 bits per heavy atom. The highest BCUT2D eigenvalue weighted by atomic mass is 32.1. The number of hydrogen-bond donors (Lipinski definition) is 2. The second-order valence-electron chi connectivity index (χ2n) is 5.16. The fraction of sp³-hybridized carbons (Fsp3) is 0.643. The number of amides is 1. The topological polar surface area (TPSA) is 58.4 Å². The zero-order valence-electron chi connectivity index (χ0n) is 11.3. The van der Waals surface area contributed by atoms with Crippen LogP contribution in [0.1, 0.15) is 43.4 Å². The number of carbonyl (C=O) groups excluding carboxylic acids is 1. The molecule has 2 rings (SSSR count). The van der Waals surface area contributed by atoms with Gasteiger partial charge >= 0.3 is 0 Å². The standard InChI is InChI=1S/C14H23N3OS/c15-16-14(18)6-2-1-3-9-17(12-7-8-12)11-13-5-4-10-19-13/h4-5,10,12H,1-3,6-9,11,15H2,(H,16,18). The van der Waals surface area contributed by atoms with Crippen molar-refractivity contribution in [3.8, 4) is 0 Å². The molecule has 1 fully saturated rings. The molecule has 4 nitrogen and oxygen atoms in total. The molecule has 0 radical (unpaired) electrons. The van der Waals surface area contributed by atoms with E-state index in [1.807, 2.05) is 11.3 Å². The van der Waals surface area contributed by atoms with Gasteiger partial charge < -0.3 is 0 Å². The van der Waals surface area contributed by atoms with E-state index in [9.17, 15) is 4.79 Å². The molecule has 1 saturated carbocycles. The molecule has 0 saturated heterocycles. The molecule has 0 atom stereocenters. The van der Waals surface area contributed by atoms with E-state index in [1.54, 1.807) is 0 Å². The molecule has 0 aromatic carbocycles. The van der Waals surface area contributed by atoms with E-state index in [0.717, 1.165) is 32.0 Å². The minimum absolute atomic E-state index is 0.0577. The highest BCUT2D eigenvalue weighted by Gasteiger charge is 2.28. The first-order valence-electron chi connectivity index (χ1n) is 7.05. The third-order valence-electron chi connectivity index (χ3n) is 3.51. The van der Waals surface area contributed by atoms with Crippen molar-refractivity contribution in [2.24, 2.45) is 5.84 Å². The summed E-state index contributed by atoms with van der Waals surface area (Å²) in [5.41, 5.74) is 2.17. The fourth-order valence-electron chi connectivity index (χ4n) is 2.28. The largest absolute Gasteiger partial charge is 0.295 e. The number of rotatable bonds is 9. The van der Waals surface area contributed by atoms with E-state index in [4.69, 9.17) is 5.84 Å². The number of nitrogens with zero attached hydrogens (tertiary/aromatic N) is 1. The fourth-order valence-corrected chi connectivity index (χ4v) is 3.01. The first-order valence-corrected chi connectivity index (χ1v) is 7.93. The van der Waals surface area contributed by atoms with Crippen LogP contribution in [0.15, 0.2) is 17.5 Å². The number of unbranched alkanes of at least 4 members (excludes halogenated alkanes) is 2. The Hall–Kier alpha value is -0.910. The van der Waals surface area contributed by atoms with Gasteiger partial charge in [-0.25, -0.2) is 5.84 Å². The molecule has 1 aliphatic rings. The van der Waals surface area contributed by atoms with Crippen LogP contribution in [0, 0.1) is 0 Å². The predicted octanol–water partition coefficient (Wildman–Crippen LogP) is 2.26. The molecule has 3 N–H and O–H groups in total. The minimum Gasteiger partial charge on any atom is -0.295 e. The van der Waals surface area contributed by atoms with Crippen LogP contribution in [0.3, 0.4) is 0 Å². The van der Waals surface area contributed by atoms with Crippen molar-refractivity contribution >= 4 is 17.2 Å². The van der Waals surface area contributed by atoms with Crippen molar-refractivity contribution in [2.75, 3.05) is 6.54 Å². The summed E-state index contributed by atoms with van der Waals surface area (Å²) in [7, 11) is 0. The molecule has 106 valence electrons. The second kappa shape index (κ2) is 7.62. The molecule has 1 aromatic rings. The van der Waals surface area contributed by atoms with Crippen LogP contribution in [0.25, 0.3) is 0 Å². The molecule has 0 bridgehead atoms. The molecule has 1 heterocycles. The predicted molar refractivity (Wildman–Crippen MR) is 78.5 cm³/mol. The maximum absolute atomic E-state index is 11.0. The van der Waals surface area contributed by atoms with Crippen LogP contribution in [-0.4, -0.2) is 23.4 Å². The number of carbonyl (C=O) groups is 1. The van der Waals surface area contributed by atoms with Gasteiger partial charge in [0.2, 0.25) is 5.91 Å². The lowest BCUT2D eigenvalue weighted by atomic mass is 10.2. The van der Waals surface area contributed by atoms with Gasteiger partial charge in [0.25, 0.3) is 0 Å². The van der Waals surface area contributed by atoms with Gasteiger partial charge in [-0.2, -0.15) is 0 Å². The van der Waals surface area contributed by atoms with Crippen LogP contribution in [0.5, 0.6) is 0 Å². The molecule has 0 unspecified atom stereocenters. The smallest absolute Gasteiger partial charge is 0.233 e. The number of thiophene rings is 1. The quantitative estimate of drug-likeness (QED) is 0.316. The van der Waals surface area contributed by atoms with Gasteiger partial charge in [0.1, 0.15) is 0 Å². The second-order valence-corrected chi connectivity index (χ2v) is 6.19. The molecule has 5 heteroatoms. The van der Waals surface area contributed by atoms with E-state index < -0.39 is 0 Å². The first-order chi connectivity index (χ1) is 9.29. The number of hydrogen-bond acceptors (Lipinski definition) is 4. The molecule has 1 amide bonds. The Kier molecular flexibility index (Phi) is 5.82. The van der Waals surface area contributed by atoms with E-state index in [1.165, 1.54) is 24.1 Å². The Morgan fingerprint density at radius 2 is 2.26 bits per heavy atom. The van der Waals surface area contributed by atoms with Gasteiger partial charge in [-0.1, -0.05) is 12.5 Å². The van der Waals surface area contributed by atoms with Crippen molar-refractivity contribution in [2.45, 2.75) is 51.1 Å². The maximum Gasteiger partial charge on any atom is 0.233 e. The van der Waals surface area contributed by atoms with E-state index in [-0.39, 0.29) is 5.91 Å². The highest BCUT2D eigenvalue weighted by Crippen LogP contribution is 2.29. The van der Waals surface area contributed by atoms with Crippen molar-refractivity contribution in [1.82, 2.24) is 10.3 Å². The van der Waals surface area contributed by atoms with Crippen molar-refractivity contribution in [3.05, 3.63) is 22.4 Å². The Labute approximate surface area is 118 Å². The zero-order valence-corrected chi connectivity index (χ0v) is 12.1. The van der Waals surface area contributed by atoms with Crippen molar-refractivity contribution in [3.63, 3.8) is 0 Å². The third-order valence-corrected chi connectivity index (χ3v) is 4.37. The van der Waals surface area contributed by atoms with Gasteiger partial charge in [0.15, 0.2) is 0 Å². The molecule has 0 aliphatic heterocycles. The average Bonchev–Trinajstić information content (AvgIpc) is 3.14. The van der Waals surface area contributed by atoms with Gasteiger partial charge in [-0.05, 0) is 43.7 Å². The Morgan fingerprint density at radius 1 is 1.42 bits per heavy atom. The van der Waals surface area contributed by atoms with Crippen LogP contribution in [-0.2, 0) is 11.3 Å². The van der Waals surface area contributed by atoms with Crippen LogP contribution in [0.4, 0.5) is 0 Å². The summed E-state index contributed by atoms with van der Waals surface area (Å²) >= 11 is 1.84. The molecular weight excluding hydrogens is 258 g/mol. The van der Waals surface area contributed by atoms with Gasteiger partial charge in [0.05, 0.1) is 0 Å². The summed E-state index contributed by atoms with van der Waals surface area (Å²) in [4.78, 5) is 15.0. The first kappa shape index (κ1) is 14.5. The molecule has 0 spiro atoms. The molecule has 1 aromatic heterocycles. The van der Waals surface area contributed by atoms with Gasteiger partial charge in [-0.3, -0.25) is 15.1 Å². The Bertz CT molecular complexity index is 376. The van der Waals surface area contributed by atoms with Crippen LogP contribution in [0.2, 0.25) is 0 Å². The summed E-state index contributed by atoms with van der Waals surface area (Å²) < 4.78 is 0. The average molecular weight is 281 g/mol. The number of nitrogens with one attached hydrogen (secondary N) is 1.